The third kappa shape index (κ3) is 5.04. The number of rotatable bonds is 7. The average Bonchev–Trinajstić information content (AvgIpc) is 2.80. The second-order valence-electron chi connectivity index (χ2n) is 6.95. The summed E-state index contributed by atoms with van der Waals surface area (Å²) in [6, 6.07) is 20.3. The number of nitrogens with one attached hydrogen (secondary N) is 1. The van der Waals surface area contributed by atoms with Gasteiger partial charge in [0.05, 0.1) is 19.8 Å². The molecule has 0 bridgehead atoms. The molecule has 3 aromatic carbocycles. The van der Waals surface area contributed by atoms with E-state index in [2.05, 4.69) is 5.32 Å². The number of hydrogen-bond donors (Lipinski definition) is 1. The number of para-hydroxylation sites is 1. The van der Waals surface area contributed by atoms with E-state index < -0.39 is 18.0 Å². The van der Waals surface area contributed by atoms with E-state index in [1.165, 1.54) is 21.1 Å². The van der Waals surface area contributed by atoms with Crippen LogP contribution in [0.3, 0.4) is 0 Å². The molecular weight excluding hydrogens is 394 g/mol. The fourth-order valence-corrected chi connectivity index (χ4v) is 3.18. The summed E-state index contributed by atoms with van der Waals surface area (Å²) in [5, 5.41) is 2.85. The standard InChI is InChI=1S/C25H25NO5/c1-16-22(29-3)14-19(15-23(16)30-4)25(28)31-17(2)24(27)26-21-13-9-8-12-20(21)18-10-6-5-7-11-18/h5-15,17H,1-4H3,(H,26,27). The first kappa shape index (κ1) is 21.9. The molecule has 3 rings (SSSR count). The van der Waals surface area contributed by atoms with E-state index in [0.29, 0.717) is 17.2 Å². The summed E-state index contributed by atoms with van der Waals surface area (Å²) in [5.41, 5.74) is 3.50. The molecule has 0 fully saturated rings. The summed E-state index contributed by atoms with van der Waals surface area (Å²) < 4.78 is 16.0. The highest BCUT2D eigenvalue weighted by atomic mass is 16.5. The molecule has 0 heterocycles. The van der Waals surface area contributed by atoms with Crippen LogP contribution in [0.4, 0.5) is 5.69 Å². The van der Waals surface area contributed by atoms with Crippen LogP contribution in [-0.2, 0) is 9.53 Å². The molecule has 6 nitrogen and oxygen atoms in total. The number of benzene rings is 3. The van der Waals surface area contributed by atoms with Crippen molar-refractivity contribution in [2.24, 2.45) is 0 Å². The summed E-state index contributed by atoms with van der Waals surface area (Å²) in [4.78, 5) is 25.4. The van der Waals surface area contributed by atoms with Crippen LogP contribution < -0.4 is 14.8 Å². The number of esters is 1. The van der Waals surface area contributed by atoms with E-state index in [1.807, 2.05) is 61.5 Å². The Morgan fingerprint density at radius 1 is 0.871 bits per heavy atom. The number of anilines is 1. The smallest absolute Gasteiger partial charge is 0.339 e. The van der Waals surface area contributed by atoms with Crippen LogP contribution in [0.1, 0.15) is 22.8 Å². The Morgan fingerprint density at radius 2 is 1.45 bits per heavy atom. The molecule has 0 aliphatic heterocycles. The first-order valence-electron chi connectivity index (χ1n) is 9.83. The molecule has 1 unspecified atom stereocenters. The molecule has 31 heavy (non-hydrogen) atoms. The van der Waals surface area contributed by atoms with E-state index in [1.54, 1.807) is 12.1 Å². The maximum absolute atomic E-state index is 12.7. The first-order valence-corrected chi connectivity index (χ1v) is 9.83. The summed E-state index contributed by atoms with van der Waals surface area (Å²) in [7, 11) is 3.02. The van der Waals surface area contributed by atoms with Gasteiger partial charge in [0, 0.05) is 16.8 Å². The minimum atomic E-state index is -1.00. The van der Waals surface area contributed by atoms with Gasteiger partial charge in [0.2, 0.25) is 0 Å². The Morgan fingerprint density at radius 3 is 2.06 bits per heavy atom. The highest BCUT2D eigenvalue weighted by Gasteiger charge is 2.22. The topological polar surface area (TPSA) is 73.9 Å². The van der Waals surface area contributed by atoms with E-state index >= 15 is 0 Å². The molecule has 1 atom stereocenters. The highest BCUT2D eigenvalue weighted by molar-refractivity contribution is 6.00. The average molecular weight is 419 g/mol. The maximum Gasteiger partial charge on any atom is 0.339 e. The Labute approximate surface area is 181 Å². The van der Waals surface area contributed by atoms with Crippen LogP contribution >= 0.6 is 0 Å². The van der Waals surface area contributed by atoms with Gasteiger partial charge in [0.1, 0.15) is 11.5 Å². The van der Waals surface area contributed by atoms with Crippen molar-refractivity contribution in [2.75, 3.05) is 19.5 Å². The largest absolute Gasteiger partial charge is 0.496 e. The minimum absolute atomic E-state index is 0.239. The number of methoxy groups -OCH3 is 2. The number of amides is 1. The van der Waals surface area contributed by atoms with Crippen molar-refractivity contribution >= 4 is 17.6 Å². The Bertz CT molecular complexity index is 1050. The third-order valence-corrected chi connectivity index (χ3v) is 4.91. The fraction of sp³-hybridized carbons (Fsp3) is 0.200. The molecule has 0 radical (unpaired) electrons. The molecule has 1 N–H and O–H groups in total. The van der Waals surface area contributed by atoms with Crippen molar-refractivity contribution in [3.05, 3.63) is 77.9 Å². The summed E-state index contributed by atoms with van der Waals surface area (Å²) in [5.74, 6) is -0.0706. The second kappa shape index (κ2) is 9.80. The van der Waals surface area contributed by atoms with Crippen molar-refractivity contribution in [2.45, 2.75) is 20.0 Å². The number of ether oxygens (including phenoxy) is 3. The van der Waals surface area contributed by atoms with Gasteiger partial charge in [0.15, 0.2) is 6.10 Å². The molecule has 0 aliphatic carbocycles. The van der Waals surface area contributed by atoms with Crippen LogP contribution in [-0.4, -0.2) is 32.2 Å². The Kier molecular flexibility index (Phi) is 6.92. The summed E-state index contributed by atoms with van der Waals surface area (Å²) in [6.45, 7) is 3.36. The molecule has 3 aromatic rings. The van der Waals surface area contributed by atoms with Gasteiger partial charge in [-0.3, -0.25) is 4.79 Å². The van der Waals surface area contributed by atoms with Crippen LogP contribution in [0.25, 0.3) is 11.1 Å². The van der Waals surface area contributed by atoms with Gasteiger partial charge < -0.3 is 19.5 Å². The number of carbonyl (C=O) groups excluding carboxylic acids is 2. The molecule has 160 valence electrons. The molecule has 0 spiro atoms. The first-order chi connectivity index (χ1) is 14.9. The van der Waals surface area contributed by atoms with Gasteiger partial charge in [-0.15, -0.1) is 0 Å². The van der Waals surface area contributed by atoms with Crippen LogP contribution in [0.2, 0.25) is 0 Å². The SMILES string of the molecule is COc1cc(C(=O)OC(C)C(=O)Nc2ccccc2-c2ccccc2)cc(OC)c1C. The Hall–Kier alpha value is -3.80. The fourth-order valence-electron chi connectivity index (χ4n) is 3.18. The lowest BCUT2D eigenvalue weighted by atomic mass is 10.0. The summed E-state index contributed by atoms with van der Waals surface area (Å²) >= 11 is 0. The molecule has 0 aliphatic rings. The lowest BCUT2D eigenvalue weighted by Crippen LogP contribution is -2.30. The van der Waals surface area contributed by atoms with E-state index in [9.17, 15) is 9.59 Å². The van der Waals surface area contributed by atoms with Crippen molar-refractivity contribution < 1.29 is 23.8 Å². The van der Waals surface area contributed by atoms with Gasteiger partial charge in [-0.1, -0.05) is 48.5 Å². The van der Waals surface area contributed by atoms with Crippen LogP contribution in [0.15, 0.2) is 66.7 Å². The number of carbonyl (C=O) groups is 2. The molecule has 6 heteroatoms. The normalized spacial score (nSPS) is 11.4. The molecular formula is C25H25NO5. The monoisotopic (exact) mass is 419 g/mol. The molecule has 0 saturated carbocycles. The summed E-state index contributed by atoms with van der Waals surface area (Å²) in [6.07, 6.45) is -1.00. The molecule has 0 aromatic heterocycles. The highest BCUT2D eigenvalue weighted by Crippen LogP contribution is 2.30. The second-order valence-corrected chi connectivity index (χ2v) is 6.95. The van der Waals surface area contributed by atoms with Crippen LogP contribution in [0, 0.1) is 6.92 Å². The quantitative estimate of drug-likeness (QED) is 0.554. The van der Waals surface area contributed by atoms with Crippen molar-refractivity contribution in [1.82, 2.24) is 0 Å². The van der Waals surface area contributed by atoms with Gasteiger partial charge >= 0.3 is 5.97 Å². The van der Waals surface area contributed by atoms with Gasteiger partial charge in [-0.2, -0.15) is 0 Å². The van der Waals surface area contributed by atoms with Gasteiger partial charge in [-0.05, 0) is 37.6 Å². The molecule has 1 amide bonds. The van der Waals surface area contributed by atoms with Crippen molar-refractivity contribution in [1.29, 1.82) is 0 Å². The lowest BCUT2D eigenvalue weighted by Gasteiger charge is -2.17. The van der Waals surface area contributed by atoms with Gasteiger partial charge in [0.25, 0.3) is 5.91 Å². The predicted molar refractivity (Wildman–Crippen MR) is 120 cm³/mol. The van der Waals surface area contributed by atoms with Crippen LogP contribution in [0.5, 0.6) is 11.5 Å². The van der Waals surface area contributed by atoms with E-state index in [-0.39, 0.29) is 5.56 Å². The maximum atomic E-state index is 12.7. The zero-order valence-corrected chi connectivity index (χ0v) is 18.0. The zero-order chi connectivity index (χ0) is 22.4. The van der Waals surface area contributed by atoms with Crippen molar-refractivity contribution in [3.8, 4) is 22.6 Å². The van der Waals surface area contributed by atoms with Gasteiger partial charge in [-0.25, -0.2) is 4.79 Å². The third-order valence-electron chi connectivity index (χ3n) is 4.91. The van der Waals surface area contributed by atoms with E-state index in [4.69, 9.17) is 14.2 Å². The Balaban J connectivity index is 1.75. The zero-order valence-electron chi connectivity index (χ0n) is 18.0. The lowest BCUT2D eigenvalue weighted by molar-refractivity contribution is -0.123. The molecule has 0 saturated heterocycles. The number of hydrogen-bond acceptors (Lipinski definition) is 5. The van der Waals surface area contributed by atoms with Crippen molar-refractivity contribution in [3.63, 3.8) is 0 Å². The van der Waals surface area contributed by atoms with E-state index in [0.717, 1.165) is 16.7 Å². The minimum Gasteiger partial charge on any atom is -0.496 e. The predicted octanol–water partition coefficient (Wildman–Crippen LogP) is 4.86.